The molecular weight excluding hydrogens is 274 g/mol. The molecule has 0 aliphatic heterocycles. The van der Waals surface area contributed by atoms with E-state index in [0.29, 0.717) is 18.2 Å². The van der Waals surface area contributed by atoms with Gasteiger partial charge in [-0.15, -0.1) is 0 Å². The lowest BCUT2D eigenvalue weighted by Crippen LogP contribution is -2.06. The van der Waals surface area contributed by atoms with Gasteiger partial charge in [-0.2, -0.15) is 4.98 Å². The summed E-state index contributed by atoms with van der Waals surface area (Å²) in [5.74, 6) is 1.10. The van der Waals surface area contributed by atoms with E-state index in [1.807, 2.05) is 0 Å². The average Bonchev–Trinajstić information content (AvgIpc) is 2.82. The monoisotopic (exact) mass is 295 g/mol. The van der Waals surface area contributed by atoms with Crippen molar-refractivity contribution in [1.82, 2.24) is 14.5 Å². The minimum absolute atomic E-state index is 0.212. The van der Waals surface area contributed by atoms with Crippen LogP contribution in [0.25, 0.3) is 10.9 Å². The predicted octanol–water partition coefficient (Wildman–Crippen LogP) is 2.85. The summed E-state index contributed by atoms with van der Waals surface area (Å²) in [6, 6.07) is 6.63. The normalized spacial score (nSPS) is 11.5. The van der Waals surface area contributed by atoms with Crippen LogP contribution < -0.4 is 11.5 Å². The van der Waals surface area contributed by atoms with Crippen LogP contribution in [0.15, 0.2) is 30.6 Å². The Kier molecular flexibility index (Phi) is 3.48. The van der Waals surface area contributed by atoms with Crippen LogP contribution >= 0.6 is 0 Å². The summed E-state index contributed by atoms with van der Waals surface area (Å²) in [5, 5.41) is 1.23. The zero-order chi connectivity index (χ0) is 15.9. The fraction of sp³-hybridized carbons (Fsp3) is 0.294. The maximum Gasteiger partial charge on any atom is 0.221 e. The zero-order valence-electron chi connectivity index (χ0n) is 13.2. The van der Waals surface area contributed by atoms with Crippen LogP contribution in [0.4, 0.5) is 11.8 Å². The highest BCUT2D eigenvalue weighted by molar-refractivity contribution is 5.82. The first-order valence-electron chi connectivity index (χ1n) is 7.40. The van der Waals surface area contributed by atoms with Gasteiger partial charge in [0.15, 0.2) is 0 Å². The van der Waals surface area contributed by atoms with Crippen molar-refractivity contribution in [2.24, 2.45) is 7.05 Å². The molecule has 22 heavy (non-hydrogen) atoms. The molecule has 5 nitrogen and oxygen atoms in total. The molecule has 0 fully saturated rings. The Labute approximate surface area is 130 Å². The molecule has 3 aromatic rings. The lowest BCUT2D eigenvalue weighted by atomic mass is 9.92. The molecule has 0 bridgehead atoms. The second-order valence-electron chi connectivity index (χ2n) is 6.01. The van der Waals surface area contributed by atoms with E-state index in [0.717, 1.165) is 5.56 Å². The first-order chi connectivity index (χ1) is 10.5. The Bertz CT molecular complexity index is 832. The van der Waals surface area contributed by atoms with Crippen molar-refractivity contribution in [3.05, 3.63) is 47.3 Å². The first kappa shape index (κ1) is 14.4. The van der Waals surface area contributed by atoms with Gasteiger partial charge in [0.2, 0.25) is 5.95 Å². The molecule has 0 aliphatic rings. The minimum atomic E-state index is 0.212. The van der Waals surface area contributed by atoms with Gasteiger partial charge in [-0.05, 0) is 40.6 Å². The molecular formula is C17H21N5. The quantitative estimate of drug-likeness (QED) is 0.778. The maximum atomic E-state index is 5.98. The second-order valence-corrected chi connectivity index (χ2v) is 6.01. The van der Waals surface area contributed by atoms with E-state index in [2.05, 4.69) is 59.8 Å². The van der Waals surface area contributed by atoms with Crippen molar-refractivity contribution >= 4 is 22.7 Å². The largest absolute Gasteiger partial charge is 0.383 e. The number of rotatable bonds is 3. The van der Waals surface area contributed by atoms with E-state index in [9.17, 15) is 0 Å². The van der Waals surface area contributed by atoms with Gasteiger partial charge in [-0.25, -0.2) is 4.98 Å². The van der Waals surface area contributed by atoms with Crippen LogP contribution in [0, 0.1) is 0 Å². The van der Waals surface area contributed by atoms with E-state index < -0.39 is 0 Å². The Morgan fingerprint density at radius 2 is 1.95 bits per heavy atom. The summed E-state index contributed by atoms with van der Waals surface area (Å²) >= 11 is 0. The molecule has 114 valence electrons. The van der Waals surface area contributed by atoms with Crippen molar-refractivity contribution in [2.45, 2.75) is 26.2 Å². The second kappa shape index (κ2) is 5.33. The van der Waals surface area contributed by atoms with E-state index in [4.69, 9.17) is 11.5 Å². The zero-order valence-corrected chi connectivity index (χ0v) is 13.2. The van der Waals surface area contributed by atoms with Crippen molar-refractivity contribution in [2.75, 3.05) is 11.5 Å². The summed E-state index contributed by atoms with van der Waals surface area (Å²) in [4.78, 5) is 8.11. The highest BCUT2D eigenvalue weighted by Gasteiger charge is 2.13. The standard InChI is InChI=1S/C17H21N5/c1-10(2)14-8-15-11(4-5-22(15)3)6-12(14)7-13-9-20-17(19)21-16(13)18/h4-6,8-10H,7H2,1-3H3,(H4,18,19,20,21). The van der Waals surface area contributed by atoms with E-state index in [1.165, 1.54) is 22.0 Å². The highest BCUT2D eigenvalue weighted by Crippen LogP contribution is 2.28. The molecule has 2 aromatic heterocycles. The fourth-order valence-electron chi connectivity index (χ4n) is 2.85. The number of nitrogens with zero attached hydrogens (tertiary/aromatic N) is 3. The van der Waals surface area contributed by atoms with Crippen LogP contribution in [-0.2, 0) is 13.5 Å². The molecule has 0 saturated heterocycles. The number of nitrogens with two attached hydrogens (primary N) is 2. The summed E-state index contributed by atoms with van der Waals surface area (Å²) in [6.07, 6.45) is 4.51. The molecule has 3 rings (SSSR count). The topological polar surface area (TPSA) is 82.8 Å². The van der Waals surface area contributed by atoms with Crippen LogP contribution in [0.5, 0.6) is 0 Å². The van der Waals surface area contributed by atoms with Crippen molar-refractivity contribution < 1.29 is 0 Å². The van der Waals surface area contributed by atoms with Crippen molar-refractivity contribution in [1.29, 1.82) is 0 Å². The van der Waals surface area contributed by atoms with Crippen LogP contribution in [0.3, 0.4) is 0 Å². The van der Waals surface area contributed by atoms with Gasteiger partial charge in [0.05, 0.1) is 0 Å². The Balaban J connectivity index is 2.10. The number of fused-ring (bicyclic) bond motifs is 1. The lowest BCUT2D eigenvalue weighted by Gasteiger charge is -2.15. The molecule has 0 radical (unpaired) electrons. The summed E-state index contributed by atoms with van der Waals surface area (Å²) in [5.41, 5.74) is 16.3. The van der Waals surface area contributed by atoms with E-state index in [1.54, 1.807) is 6.20 Å². The van der Waals surface area contributed by atoms with Gasteiger partial charge in [-0.3, -0.25) is 0 Å². The third-order valence-electron chi connectivity index (χ3n) is 4.07. The van der Waals surface area contributed by atoms with Gasteiger partial charge in [0, 0.05) is 36.9 Å². The molecule has 5 heteroatoms. The van der Waals surface area contributed by atoms with Crippen molar-refractivity contribution in [3.8, 4) is 0 Å². The molecule has 0 spiro atoms. The van der Waals surface area contributed by atoms with Gasteiger partial charge in [-0.1, -0.05) is 13.8 Å². The maximum absolute atomic E-state index is 5.98. The molecule has 1 aromatic carbocycles. The number of nitrogen functional groups attached to an aromatic ring is 2. The molecule has 0 aliphatic carbocycles. The lowest BCUT2D eigenvalue weighted by molar-refractivity contribution is 0.847. The average molecular weight is 295 g/mol. The molecule has 0 saturated carbocycles. The Morgan fingerprint density at radius 3 is 2.64 bits per heavy atom. The van der Waals surface area contributed by atoms with Crippen LogP contribution in [-0.4, -0.2) is 14.5 Å². The summed E-state index contributed by atoms with van der Waals surface area (Å²) in [6.45, 7) is 4.41. The van der Waals surface area contributed by atoms with E-state index >= 15 is 0 Å². The van der Waals surface area contributed by atoms with Gasteiger partial charge in [0.25, 0.3) is 0 Å². The number of anilines is 2. The third kappa shape index (κ3) is 2.50. The molecule has 0 atom stereocenters. The summed E-state index contributed by atoms with van der Waals surface area (Å²) in [7, 11) is 2.07. The molecule has 0 amide bonds. The van der Waals surface area contributed by atoms with Crippen molar-refractivity contribution in [3.63, 3.8) is 0 Å². The van der Waals surface area contributed by atoms with Gasteiger partial charge < -0.3 is 16.0 Å². The van der Waals surface area contributed by atoms with Gasteiger partial charge in [0.1, 0.15) is 5.82 Å². The number of hydrogen-bond donors (Lipinski definition) is 2. The van der Waals surface area contributed by atoms with Crippen LogP contribution in [0.2, 0.25) is 0 Å². The third-order valence-corrected chi connectivity index (χ3v) is 4.07. The highest BCUT2D eigenvalue weighted by atomic mass is 15.0. The smallest absolute Gasteiger partial charge is 0.221 e. The first-order valence-corrected chi connectivity index (χ1v) is 7.40. The molecule has 2 heterocycles. The minimum Gasteiger partial charge on any atom is -0.383 e. The molecule has 0 unspecified atom stereocenters. The number of aryl methyl sites for hydroxylation is 1. The Hall–Kier alpha value is -2.56. The number of hydrogen-bond acceptors (Lipinski definition) is 4. The SMILES string of the molecule is CC(C)c1cc2c(ccn2C)cc1Cc1cnc(N)nc1N. The Morgan fingerprint density at radius 1 is 1.18 bits per heavy atom. The van der Waals surface area contributed by atoms with E-state index in [-0.39, 0.29) is 5.95 Å². The number of aromatic nitrogens is 3. The number of benzene rings is 1. The summed E-state index contributed by atoms with van der Waals surface area (Å²) < 4.78 is 2.14. The van der Waals surface area contributed by atoms with Gasteiger partial charge >= 0.3 is 0 Å². The predicted molar refractivity (Wildman–Crippen MR) is 90.7 cm³/mol. The van der Waals surface area contributed by atoms with Crippen LogP contribution in [0.1, 0.15) is 36.5 Å². The molecule has 4 N–H and O–H groups in total. The fourth-order valence-corrected chi connectivity index (χ4v) is 2.85.